The Morgan fingerprint density at radius 2 is 2.00 bits per heavy atom. The van der Waals surface area contributed by atoms with Crippen molar-refractivity contribution in [3.63, 3.8) is 0 Å². The van der Waals surface area contributed by atoms with Crippen molar-refractivity contribution in [3.8, 4) is 0 Å². The Morgan fingerprint density at radius 3 is 2.70 bits per heavy atom. The van der Waals surface area contributed by atoms with Gasteiger partial charge in [-0.25, -0.2) is 0 Å². The topological polar surface area (TPSA) is 15.3 Å². The molecule has 0 aliphatic carbocycles. The first-order valence-corrected chi connectivity index (χ1v) is 7.73. The number of nitrogens with one attached hydrogen (secondary N) is 1. The predicted octanol–water partition coefficient (Wildman–Crippen LogP) is 3.65. The molecule has 2 saturated heterocycles. The molecule has 0 atom stereocenters. The summed E-state index contributed by atoms with van der Waals surface area (Å²) in [7, 11) is 0. The van der Waals surface area contributed by atoms with Crippen molar-refractivity contribution in [3.05, 3.63) is 34.3 Å². The van der Waals surface area contributed by atoms with Crippen LogP contribution in [0.3, 0.4) is 0 Å². The summed E-state index contributed by atoms with van der Waals surface area (Å²) in [6, 6.07) is 6.43. The van der Waals surface area contributed by atoms with Gasteiger partial charge in [0.15, 0.2) is 0 Å². The lowest BCUT2D eigenvalue weighted by molar-refractivity contribution is 0.194. The van der Waals surface area contributed by atoms with Crippen molar-refractivity contribution in [1.82, 2.24) is 10.2 Å². The molecule has 1 aromatic rings. The van der Waals surface area contributed by atoms with Crippen molar-refractivity contribution < 1.29 is 0 Å². The van der Waals surface area contributed by atoms with Crippen LogP contribution >= 0.6 is 24.0 Å². The van der Waals surface area contributed by atoms with Gasteiger partial charge in [0.25, 0.3) is 0 Å². The number of benzene rings is 1. The third kappa shape index (κ3) is 3.48. The molecule has 1 N–H and O–H groups in total. The second-order valence-electron chi connectivity index (χ2n) is 6.29. The number of hydrogen-bond acceptors (Lipinski definition) is 2. The normalized spacial score (nSPS) is 21.9. The van der Waals surface area contributed by atoms with E-state index in [0.717, 1.165) is 11.6 Å². The molecule has 2 nitrogen and oxygen atoms in total. The summed E-state index contributed by atoms with van der Waals surface area (Å²) in [6.45, 7) is 8.09. The van der Waals surface area contributed by atoms with Crippen LogP contribution in [0.5, 0.6) is 0 Å². The highest BCUT2D eigenvalue weighted by Crippen LogP contribution is 2.39. The van der Waals surface area contributed by atoms with Crippen molar-refractivity contribution in [2.24, 2.45) is 5.41 Å². The van der Waals surface area contributed by atoms with E-state index in [1.807, 2.05) is 6.07 Å². The molecule has 0 unspecified atom stereocenters. The van der Waals surface area contributed by atoms with Gasteiger partial charge in [-0.3, -0.25) is 4.90 Å². The standard InChI is InChI=1S/C16H23ClN2.ClH/c1-13-10-14(2-3-15(13)17)11-19-9-6-16(12-19)4-7-18-8-5-16;/h2-3,10,18H,4-9,11-12H2,1H3;1H. The summed E-state index contributed by atoms with van der Waals surface area (Å²) in [6.07, 6.45) is 4.08. The second-order valence-corrected chi connectivity index (χ2v) is 6.70. The van der Waals surface area contributed by atoms with E-state index in [0.29, 0.717) is 5.41 Å². The average Bonchev–Trinajstić information content (AvgIpc) is 2.78. The van der Waals surface area contributed by atoms with Crippen LogP contribution in [0.1, 0.15) is 30.4 Å². The van der Waals surface area contributed by atoms with Crippen molar-refractivity contribution in [1.29, 1.82) is 0 Å². The Bertz CT molecular complexity index is 456. The van der Waals surface area contributed by atoms with E-state index in [2.05, 4.69) is 29.3 Å². The Kier molecular flexibility index (Phi) is 5.36. The molecule has 0 radical (unpaired) electrons. The SMILES string of the molecule is Cc1cc(CN2CCC3(CCNCC3)C2)ccc1Cl.Cl. The third-order valence-corrected chi connectivity index (χ3v) is 5.23. The van der Waals surface area contributed by atoms with Gasteiger partial charge in [-0.1, -0.05) is 23.7 Å². The fourth-order valence-electron chi connectivity index (χ4n) is 3.59. The summed E-state index contributed by atoms with van der Waals surface area (Å²) >= 11 is 6.09. The number of halogens is 2. The molecule has 20 heavy (non-hydrogen) atoms. The number of hydrogen-bond donors (Lipinski definition) is 1. The lowest BCUT2D eigenvalue weighted by Gasteiger charge is -2.34. The summed E-state index contributed by atoms with van der Waals surface area (Å²) in [5.74, 6) is 0. The van der Waals surface area contributed by atoms with Gasteiger partial charge in [0.1, 0.15) is 0 Å². The van der Waals surface area contributed by atoms with E-state index in [4.69, 9.17) is 11.6 Å². The van der Waals surface area contributed by atoms with Crippen LogP contribution in [0.2, 0.25) is 5.02 Å². The lowest BCUT2D eigenvalue weighted by Crippen LogP contribution is -2.38. The van der Waals surface area contributed by atoms with Crippen LogP contribution in [0.15, 0.2) is 18.2 Å². The molecule has 3 rings (SSSR count). The van der Waals surface area contributed by atoms with Crippen LogP contribution in [0, 0.1) is 12.3 Å². The average molecular weight is 315 g/mol. The Balaban J connectivity index is 0.00000147. The van der Waals surface area contributed by atoms with E-state index in [-0.39, 0.29) is 12.4 Å². The van der Waals surface area contributed by atoms with E-state index in [1.165, 1.54) is 56.6 Å². The first-order chi connectivity index (χ1) is 9.17. The minimum Gasteiger partial charge on any atom is -0.317 e. The third-order valence-electron chi connectivity index (χ3n) is 4.81. The maximum Gasteiger partial charge on any atom is 0.0435 e. The summed E-state index contributed by atoms with van der Waals surface area (Å²) in [5, 5.41) is 4.36. The van der Waals surface area contributed by atoms with Gasteiger partial charge in [-0.05, 0) is 68.4 Å². The van der Waals surface area contributed by atoms with E-state index in [9.17, 15) is 0 Å². The van der Waals surface area contributed by atoms with Gasteiger partial charge < -0.3 is 5.32 Å². The van der Waals surface area contributed by atoms with Crippen LogP contribution in [-0.2, 0) is 6.54 Å². The van der Waals surface area contributed by atoms with Gasteiger partial charge in [-0.2, -0.15) is 0 Å². The first kappa shape index (κ1) is 16.1. The zero-order valence-electron chi connectivity index (χ0n) is 12.1. The highest BCUT2D eigenvalue weighted by atomic mass is 35.5. The van der Waals surface area contributed by atoms with Gasteiger partial charge in [0.05, 0.1) is 0 Å². The molecule has 2 aliphatic heterocycles. The quantitative estimate of drug-likeness (QED) is 0.896. The van der Waals surface area contributed by atoms with Crippen molar-refractivity contribution >= 4 is 24.0 Å². The maximum absolute atomic E-state index is 6.09. The lowest BCUT2D eigenvalue weighted by atomic mass is 9.78. The summed E-state index contributed by atoms with van der Waals surface area (Å²) < 4.78 is 0. The highest BCUT2D eigenvalue weighted by molar-refractivity contribution is 6.31. The summed E-state index contributed by atoms with van der Waals surface area (Å²) in [4.78, 5) is 2.62. The predicted molar refractivity (Wildman–Crippen MR) is 87.9 cm³/mol. The molecule has 1 spiro atoms. The van der Waals surface area contributed by atoms with E-state index < -0.39 is 0 Å². The van der Waals surface area contributed by atoms with Gasteiger partial charge >= 0.3 is 0 Å². The molecular weight excluding hydrogens is 291 g/mol. The zero-order chi connectivity index (χ0) is 13.3. The molecule has 0 amide bonds. The van der Waals surface area contributed by atoms with Crippen molar-refractivity contribution in [2.75, 3.05) is 26.2 Å². The van der Waals surface area contributed by atoms with E-state index in [1.54, 1.807) is 0 Å². The molecule has 2 aliphatic rings. The molecule has 0 saturated carbocycles. The molecule has 1 aromatic carbocycles. The molecule has 2 heterocycles. The molecule has 0 bridgehead atoms. The maximum atomic E-state index is 6.09. The molecule has 0 aromatic heterocycles. The van der Waals surface area contributed by atoms with E-state index >= 15 is 0 Å². The monoisotopic (exact) mass is 314 g/mol. The highest BCUT2D eigenvalue weighted by Gasteiger charge is 2.38. The zero-order valence-corrected chi connectivity index (χ0v) is 13.7. The minimum atomic E-state index is 0. The van der Waals surface area contributed by atoms with Crippen LogP contribution in [-0.4, -0.2) is 31.1 Å². The molecule has 4 heteroatoms. The molecular formula is C16H24Cl2N2. The first-order valence-electron chi connectivity index (χ1n) is 7.35. The number of likely N-dealkylation sites (tertiary alicyclic amines) is 1. The minimum absolute atomic E-state index is 0. The second kappa shape index (κ2) is 6.65. The largest absolute Gasteiger partial charge is 0.317 e. The summed E-state index contributed by atoms with van der Waals surface area (Å²) in [5.41, 5.74) is 3.19. The fraction of sp³-hybridized carbons (Fsp3) is 0.625. The van der Waals surface area contributed by atoms with Crippen LogP contribution in [0.25, 0.3) is 0 Å². The van der Waals surface area contributed by atoms with Crippen molar-refractivity contribution in [2.45, 2.75) is 32.7 Å². The van der Waals surface area contributed by atoms with Gasteiger partial charge in [0, 0.05) is 18.1 Å². The molecule has 112 valence electrons. The Labute approximate surface area is 133 Å². The number of nitrogens with zero attached hydrogens (tertiary/aromatic N) is 1. The molecule has 2 fully saturated rings. The number of rotatable bonds is 2. The van der Waals surface area contributed by atoms with Gasteiger partial charge in [0.2, 0.25) is 0 Å². The van der Waals surface area contributed by atoms with Crippen LogP contribution < -0.4 is 5.32 Å². The fourth-order valence-corrected chi connectivity index (χ4v) is 3.71. The smallest absolute Gasteiger partial charge is 0.0435 e. The number of aryl methyl sites for hydroxylation is 1. The number of piperidine rings is 1. The van der Waals surface area contributed by atoms with Gasteiger partial charge in [-0.15, -0.1) is 12.4 Å². The Hall–Kier alpha value is -0.280. The van der Waals surface area contributed by atoms with Crippen LogP contribution in [0.4, 0.5) is 0 Å². The Morgan fingerprint density at radius 1 is 1.25 bits per heavy atom.